The quantitative estimate of drug-likeness (QED) is 0.689. The minimum atomic E-state index is -0.465. The van der Waals surface area contributed by atoms with E-state index in [1.807, 2.05) is 42.5 Å². The van der Waals surface area contributed by atoms with Crippen LogP contribution >= 0.6 is 0 Å². The van der Waals surface area contributed by atoms with E-state index in [1.165, 1.54) is 12.1 Å². The molecule has 0 aliphatic carbocycles. The monoisotopic (exact) mass is 253 g/mol. The van der Waals surface area contributed by atoms with Gasteiger partial charge in [0.05, 0.1) is 0 Å². The van der Waals surface area contributed by atoms with Crippen molar-refractivity contribution in [3.05, 3.63) is 66.5 Å². The van der Waals surface area contributed by atoms with Crippen LogP contribution in [0.5, 0.6) is 11.5 Å². The third-order valence-electron chi connectivity index (χ3n) is 2.90. The molecule has 3 heteroatoms. The molecule has 0 unspecified atom stereocenters. The van der Waals surface area contributed by atoms with Gasteiger partial charge in [0.15, 0.2) is 11.6 Å². The second kappa shape index (κ2) is 4.61. The largest absolute Gasteiger partial charge is 0.454 e. The van der Waals surface area contributed by atoms with E-state index in [2.05, 4.69) is 0 Å². The SMILES string of the molecule is Nc1ccc(Oc2ccc3ccccc3c2)c(F)c1. The van der Waals surface area contributed by atoms with Crippen LogP contribution in [0, 0.1) is 5.82 Å². The lowest BCUT2D eigenvalue weighted by atomic mass is 10.1. The van der Waals surface area contributed by atoms with Crippen molar-refractivity contribution in [3.8, 4) is 11.5 Å². The zero-order valence-corrected chi connectivity index (χ0v) is 10.1. The number of halogens is 1. The number of fused-ring (bicyclic) bond motifs is 1. The van der Waals surface area contributed by atoms with Crippen molar-refractivity contribution >= 4 is 16.5 Å². The smallest absolute Gasteiger partial charge is 0.167 e. The van der Waals surface area contributed by atoms with Gasteiger partial charge in [0, 0.05) is 11.8 Å². The maximum atomic E-state index is 13.6. The van der Waals surface area contributed by atoms with E-state index in [9.17, 15) is 4.39 Å². The highest BCUT2D eigenvalue weighted by Gasteiger charge is 2.05. The third-order valence-corrected chi connectivity index (χ3v) is 2.90. The predicted octanol–water partition coefficient (Wildman–Crippen LogP) is 4.35. The van der Waals surface area contributed by atoms with Crippen LogP contribution in [-0.2, 0) is 0 Å². The van der Waals surface area contributed by atoms with Crippen LogP contribution in [0.2, 0.25) is 0 Å². The molecule has 0 radical (unpaired) electrons. The fourth-order valence-corrected chi connectivity index (χ4v) is 1.96. The van der Waals surface area contributed by atoms with Gasteiger partial charge in [-0.25, -0.2) is 4.39 Å². The Balaban J connectivity index is 1.96. The van der Waals surface area contributed by atoms with Gasteiger partial charge >= 0.3 is 0 Å². The van der Waals surface area contributed by atoms with Crippen LogP contribution < -0.4 is 10.5 Å². The summed E-state index contributed by atoms with van der Waals surface area (Å²) in [6.07, 6.45) is 0. The van der Waals surface area contributed by atoms with E-state index in [-0.39, 0.29) is 5.75 Å². The fourth-order valence-electron chi connectivity index (χ4n) is 1.96. The van der Waals surface area contributed by atoms with Crippen LogP contribution in [0.3, 0.4) is 0 Å². The lowest BCUT2D eigenvalue weighted by Gasteiger charge is -2.08. The predicted molar refractivity (Wildman–Crippen MR) is 74.8 cm³/mol. The normalized spacial score (nSPS) is 10.6. The van der Waals surface area contributed by atoms with Crippen molar-refractivity contribution in [1.29, 1.82) is 0 Å². The molecule has 0 fully saturated rings. The van der Waals surface area contributed by atoms with Crippen LogP contribution in [0.4, 0.5) is 10.1 Å². The maximum absolute atomic E-state index is 13.6. The number of hydrogen-bond donors (Lipinski definition) is 1. The molecule has 0 amide bonds. The zero-order valence-electron chi connectivity index (χ0n) is 10.1. The van der Waals surface area contributed by atoms with Gasteiger partial charge < -0.3 is 10.5 Å². The second-order valence-corrected chi connectivity index (χ2v) is 4.30. The summed E-state index contributed by atoms with van der Waals surface area (Å²) in [6, 6.07) is 18.0. The summed E-state index contributed by atoms with van der Waals surface area (Å²) in [5, 5.41) is 2.17. The van der Waals surface area contributed by atoms with Gasteiger partial charge in [-0.05, 0) is 35.0 Å². The Bertz CT molecular complexity index is 740. The summed E-state index contributed by atoms with van der Waals surface area (Å²) >= 11 is 0. The highest BCUT2D eigenvalue weighted by molar-refractivity contribution is 5.83. The topological polar surface area (TPSA) is 35.2 Å². The summed E-state index contributed by atoms with van der Waals surface area (Å²) in [5.41, 5.74) is 5.88. The lowest BCUT2D eigenvalue weighted by molar-refractivity contribution is 0.443. The van der Waals surface area contributed by atoms with Gasteiger partial charge in [-0.2, -0.15) is 0 Å². The molecule has 19 heavy (non-hydrogen) atoms. The van der Waals surface area contributed by atoms with Crippen molar-refractivity contribution < 1.29 is 9.13 Å². The Morgan fingerprint density at radius 1 is 0.842 bits per heavy atom. The average Bonchev–Trinajstić information content (AvgIpc) is 2.42. The Morgan fingerprint density at radius 3 is 2.42 bits per heavy atom. The number of nitrogen functional groups attached to an aromatic ring is 1. The van der Waals surface area contributed by atoms with Crippen LogP contribution in [0.25, 0.3) is 10.8 Å². The summed E-state index contributed by atoms with van der Waals surface area (Å²) in [5.74, 6) is 0.306. The molecule has 0 bridgehead atoms. The van der Waals surface area contributed by atoms with E-state index in [1.54, 1.807) is 6.07 Å². The summed E-state index contributed by atoms with van der Waals surface area (Å²) in [4.78, 5) is 0. The second-order valence-electron chi connectivity index (χ2n) is 4.30. The molecule has 0 saturated carbocycles. The van der Waals surface area contributed by atoms with Crippen LogP contribution in [-0.4, -0.2) is 0 Å². The maximum Gasteiger partial charge on any atom is 0.167 e. The highest BCUT2D eigenvalue weighted by atomic mass is 19.1. The van der Waals surface area contributed by atoms with Crippen molar-refractivity contribution in [2.75, 3.05) is 5.73 Å². The number of nitrogens with two attached hydrogens (primary N) is 1. The summed E-state index contributed by atoms with van der Waals surface area (Å²) in [7, 11) is 0. The molecule has 2 nitrogen and oxygen atoms in total. The molecule has 0 heterocycles. The highest BCUT2D eigenvalue weighted by Crippen LogP contribution is 2.28. The van der Waals surface area contributed by atoms with E-state index in [0.717, 1.165) is 10.8 Å². The van der Waals surface area contributed by atoms with Crippen molar-refractivity contribution in [3.63, 3.8) is 0 Å². The number of hydrogen-bond acceptors (Lipinski definition) is 2. The standard InChI is InChI=1S/C16H12FNO/c17-15-10-13(18)6-8-16(15)19-14-7-5-11-3-1-2-4-12(11)9-14/h1-10H,18H2. The van der Waals surface area contributed by atoms with Crippen LogP contribution in [0.1, 0.15) is 0 Å². The molecule has 94 valence electrons. The molecule has 3 aromatic rings. The minimum Gasteiger partial charge on any atom is -0.454 e. The van der Waals surface area contributed by atoms with E-state index < -0.39 is 5.82 Å². The molecule has 0 aromatic heterocycles. The Kier molecular flexibility index (Phi) is 2.80. The molecule has 0 aliphatic rings. The molecule has 3 rings (SSSR count). The number of anilines is 1. The average molecular weight is 253 g/mol. The third kappa shape index (κ3) is 2.36. The molecule has 2 N–H and O–H groups in total. The Labute approximate surface area is 110 Å². The first-order valence-corrected chi connectivity index (χ1v) is 5.94. The molecule has 0 spiro atoms. The van der Waals surface area contributed by atoms with Gasteiger partial charge in [0.2, 0.25) is 0 Å². The first kappa shape index (κ1) is 11.5. The summed E-state index contributed by atoms with van der Waals surface area (Å²) < 4.78 is 19.2. The fraction of sp³-hybridized carbons (Fsp3) is 0. The number of benzene rings is 3. The Morgan fingerprint density at radius 2 is 1.63 bits per heavy atom. The van der Waals surface area contributed by atoms with Gasteiger partial charge in [0.1, 0.15) is 5.75 Å². The van der Waals surface area contributed by atoms with E-state index in [4.69, 9.17) is 10.5 Å². The van der Waals surface area contributed by atoms with Crippen molar-refractivity contribution in [2.45, 2.75) is 0 Å². The molecule has 3 aromatic carbocycles. The molecular formula is C16H12FNO. The number of ether oxygens (including phenoxy) is 1. The van der Waals surface area contributed by atoms with Crippen molar-refractivity contribution in [2.24, 2.45) is 0 Å². The van der Waals surface area contributed by atoms with Gasteiger partial charge in [-0.1, -0.05) is 30.3 Å². The first-order valence-electron chi connectivity index (χ1n) is 5.94. The van der Waals surface area contributed by atoms with Gasteiger partial charge in [-0.3, -0.25) is 0 Å². The van der Waals surface area contributed by atoms with Crippen molar-refractivity contribution in [1.82, 2.24) is 0 Å². The summed E-state index contributed by atoms with van der Waals surface area (Å²) in [6.45, 7) is 0. The first-order chi connectivity index (χ1) is 9.22. The minimum absolute atomic E-state index is 0.171. The van der Waals surface area contributed by atoms with E-state index >= 15 is 0 Å². The molecule has 0 atom stereocenters. The lowest BCUT2D eigenvalue weighted by Crippen LogP contribution is -1.91. The zero-order chi connectivity index (χ0) is 13.2. The molecule has 0 aliphatic heterocycles. The molecular weight excluding hydrogens is 241 g/mol. The van der Waals surface area contributed by atoms with Gasteiger partial charge in [0.25, 0.3) is 0 Å². The van der Waals surface area contributed by atoms with E-state index in [0.29, 0.717) is 11.4 Å². The Hall–Kier alpha value is -2.55. The molecule has 0 saturated heterocycles. The van der Waals surface area contributed by atoms with Crippen LogP contribution in [0.15, 0.2) is 60.7 Å². The van der Waals surface area contributed by atoms with Gasteiger partial charge in [-0.15, -0.1) is 0 Å². The number of rotatable bonds is 2.